The van der Waals surface area contributed by atoms with Gasteiger partial charge < -0.3 is 9.47 Å². The normalized spacial score (nSPS) is 10.8. The fraction of sp³-hybridized carbons (Fsp3) is 0.188. The van der Waals surface area contributed by atoms with E-state index < -0.39 is 0 Å². The lowest BCUT2D eigenvalue weighted by molar-refractivity contribution is 0.101. The molecule has 0 amide bonds. The Hall–Kier alpha value is -4.32. The summed E-state index contributed by atoms with van der Waals surface area (Å²) in [6.45, 7) is 9.92. The summed E-state index contributed by atoms with van der Waals surface area (Å²) in [7, 11) is 0. The van der Waals surface area contributed by atoms with Gasteiger partial charge >= 0.3 is 0 Å². The highest BCUT2D eigenvalue weighted by atomic mass is 19.1. The molecule has 4 aromatic carbocycles. The van der Waals surface area contributed by atoms with Crippen molar-refractivity contribution in [1.82, 2.24) is 0 Å². The number of carbonyl (C=O) groups excluding carboxylic acids is 2. The molecule has 38 heavy (non-hydrogen) atoms. The molecule has 4 nitrogen and oxygen atoms in total. The van der Waals surface area contributed by atoms with Crippen LogP contribution in [-0.4, -0.2) is 11.6 Å². The number of ketones is 2. The smallest absolute Gasteiger partial charge is 0.160 e. The molecule has 6 heteroatoms. The van der Waals surface area contributed by atoms with Crippen LogP contribution in [0.4, 0.5) is 8.78 Å². The van der Waals surface area contributed by atoms with E-state index in [2.05, 4.69) is 0 Å². The second-order valence-corrected chi connectivity index (χ2v) is 9.47. The maximum absolute atomic E-state index is 13.9. The number of Topliss-reactive ketones (excluding diaryl/α,β-unsaturated/α-hetero) is 2. The van der Waals surface area contributed by atoms with Gasteiger partial charge in [0.2, 0.25) is 0 Å². The Kier molecular flexibility index (Phi) is 7.44. The Morgan fingerprint density at radius 3 is 1.63 bits per heavy atom. The van der Waals surface area contributed by atoms with Crippen LogP contribution in [0.2, 0.25) is 0 Å². The van der Waals surface area contributed by atoms with Crippen LogP contribution in [0.5, 0.6) is 23.0 Å². The lowest BCUT2D eigenvalue weighted by Crippen LogP contribution is -2.02. The highest BCUT2D eigenvalue weighted by molar-refractivity contribution is 6.03. The molecule has 4 rings (SSSR count). The fourth-order valence-electron chi connectivity index (χ4n) is 4.51. The first kappa shape index (κ1) is 26.7. The van der Waals surface area contributed by atoms with Gasteiger partial charge in [0, 0.05) is 16.7 Å². The molecular formula is C32H28F2O4. The van der Waals surface area contributed by atoms with E-state index >= 15 is 0 Å². The average molecular weight is 515 g/mol. The first-order valence-corrected chi connectivity index (χ1v) is 12.1. The summed E-state index contributed by atoms with van der Waals surface area (Å²) in [5, 5.41) is 0. The summed E-state index contributed by atoms with van der Waals surface area (Å²) in [4.78, 5) is 24.9. The Bertz CT molecular complexity index is 1540. The Morgan fingerprint density at radius 1 is 0.605 bits per heavy atom. The Labute approximate surface area is 220 Å². The predicted octanol–water partition coefficient (Wildman–Crippen LogP) is 8.86. The largest absolute Gasteiger partial charge is 0.457 e. The van der Waals surface area contributed by atoms with E-state index in [1.54, 1.807) is 64.1 Å². The molecule has 0 fully saturated rings. The number of halogens is 2. The SMILES string of the molecule is CC(=O)c1ccc(Oc2c(C)cc(F)cc2C)c(-c2cc(Oc3c(C)cc(F)cc3C)ccc2C(C)=O)c1. The van der Waals surface area contributed by atoms with Crippen LogP contribution in [0.3, 0.4) is 0 Å². The number of rotatable bonds is 7. The quantitative estimate of drug-likeness (QED) is 0.231. The number of carbonyl (C=O) groups is 2. The predicted molar refractivity (Wildman–Crippen MR) is 144 cm³/mol. The zero-order valence-corrected chi connectivity index (χ0v) is 22.2. The number of ether oxygens (including phenoxy) is 2. The van der Waals surface area contributed by atoms with Crippen LogP contribution in [-0.2, 0) is 0 Å². The molecule has 0 saturated carbocycles. The van der Waals surface area contributed by atoms with Crippen molar-refractivity contribution in [3.63, 3.8) is 0 Å². The molecule has 0 bridgehead atoms. The molecule has 0 N–H and O–H groups in total. The van der Waals surface area contributed by atoms with Gasteiger partial charge in [-0.3, -0.25) is 9.59 Å². The molecule has 0 aliphatic carbocycles. The molecule has 0 saturated heterocycles. The van der Waals surface area contributed by atoms with Crippen molar-refractivity contribution >= 4 is 11.6 Å². The highest BCUT2D eigenvalue weighted by Crippen LogP contribution is 2.41. The second kappa shape index (κ2) is 10.6. The molecule has 0 spiro atoms. The maximum Gasteiger partial charge on any atom is 0.160 e. The zero-order valence-electron chi connectivity index (χ0n) is 22.2. The van der Waals surface area contributed by atoms with E-state index in [1.807, 2.05) is 0 Å². The third kappa shape index (κ3) is 5.49. The summed E-state index contributed by atoms with van der Waals surface area (Å²) >= 11 is 0. The highest BCUT2D eigenvalue weighted by Gasteiger charge is 2.19. The van der Waals surface area contributed by atoms with E-state index in [0.717, 1.165) is 0 Å². The zero-order chi connectivity index (χ0) is 27.7. The van der Waals surface area contributed by atoms with Gasteiger partial charge in [-0.25, -0.2) is 8.78 Å². The number of hydrogen-bond donors (Lipinski definition) is 0. The Morgan fingerprint density at radius 2 is 1.13 bits per heavy atom. The summed E-state index contributed by atoms with van der Waals surface area (Å²) in [5.41, 5.74) is 4.32. The van der Waals surface area contributed by atoms with Crippen LogP contribution in [0, 0.1) is 39.3 Å². The van der Waals surface area contributed by atoms with Gasteiger partial charge in [-0.05, 0) is 130 Å². The molecule has 4 aromatic rings. The summed E-state index contributed by atoms with van der Waals surface area (Å²) < 4.78 is 40.2. The van der Waals surface area contributed by atoms with Crippen molar-refractivity contribution in [3.8, 4) is 34.1 Å². The van der Waals surface area contributed by atoms with Gasteiger partial charge in [0.25, 0.3) is 0 Å². The fourth-order valence-corrected chi connectivity index (χ4v) is 4.51. The molecule has 0 aliphatic rings. The summed E-state index contributed by atoms with van der Waals surface area (Å²) in [6, 6.07) is 15.6. The number of benzene rings is 4. The molecule has 0 heterocycles. The van der Waals surface area contributed by atoms with Gasteiger partial charge in [0.05, 0.1) is 0 Å². The van der Waals surface area contributed by atoms with E-state index in [9.17, 15) is 18.4 Å². The van der Waals surface area contributed by atoms with E-state index in [1.165, 1.54) is 38.1 Å². The molecule has 0 aliphatic heterocycles. The maximum atomic E-state index is 13.9. The molecule has 0 atom stereocenters. The van der Waals surface area contributed by atoms with Gasteiger partial charge in [0.15, 0.2) is 11.6 Å². The number of hydrogen-bond acceptors (Lipinski definition) is 4. The second-order valence-electron chi connectivity index (χ2n) is 9.47. The molecule has 194 valence electrons. The van der Waals surface area contributed by atoms with Gasteiger partial charge in [-0.2, -0.15) is 0 Å². The van der Waals surface area contributed by atoms with Crippen molar-refractivity contribution in [2.75, 3.05) is 0 Å². The first-order chi connectivity index (χ1) is 17.9. The van der Waals surface area contributed by atoms with Gasteiger partial charge in [-0.1, -0.05) is 0 Å². The molecule has 0 radical (unpaired) electrons. The first-order valence-electron chi connectivity index (χ1n) is 12.1. The van der Waals surface area contributed by atoms with Crippen LogP contribution < -0.4 is 9.47 Å². The van der Waals surface area contributed by atoms with E-state index in [-0.39, 0.29) is 23.2 Å². The van der Waals surface area contributed by atoms with Crippen LogP contribution in [0.15, 0.2) is 60.7 Å². The molecular weight excluding hydrogens is 486 g/mol. The minimum Gasteiger partial charge on any atom is -0.457 e. The minimum atomic E-state index is -0.366. The van der Waals surface area contributed by atoms with Crippen LogP contribution in [0.25, 0.3) is 11.1 Å². The third-order valence-corrected chi connectivity index (χ3v) is 6.33. The van der Waals surface area contributed by atoms with Crippen molar-refractivity contribution in [1.29, 1.82) is 0 Å². The van der Waals surface area contributed by atoms with Gasteiger partial charge in [-0.15, -0.1) is 0 Å². The lowest BCUT2D eigenvalue weighted by Gasteiger charge is -2.19. The topological polar surface area (TPSA) is 52.6 Å². The number of aryl methyl sites for hydroxylation is 4. The van der Waals surface area contributed by atoms with E-state index in [0.29, 0.717) is 67.5 Å². The summed E-state index contributed by atoms with van der Waals surface area (Å²) in [6.07, 6.45) is 0. The molecule has 0 aromatic heterocycles. The Balaban J connectivity index is 1.90. The van der Waals surface area contributed by atoms with Crippen LogP contribution in [0.1, 0.15) is 56.8 Å². The van der Waals surface area contributed by atoms with Gasteiger partial charge in [0.1, 0.15) is 34.6 Å². The standard InChI is InChI=1S/C32H28F2O4/c1-17-11-24(33)12-18(2)31(17)37-26-8-9-27(22(6)36)28(16-26)29-15-23(21(5)35)7-10-30(29)38-32-19(3)13-25(34)14-20(32)4/h7-16H,1-6H3. The monoisotopic (exact) mass is 514 g/mol. The third-order valence-electron chi connectivity index (χ3n) is 6.33. The minimum absolute atomic E-state index is 0.152. The average Bonchev–Trinajstić information content (AvgIpc) is 2.83. The van der Waals surface area contributed by atoms with Crippen molar-refractivity contribution in [2.24, 2.45) is 0 Å². The lowest BCUT2D eigenvalue weighted by atomic mass is 9.94. The van der Waals surface area contributed by atoms with Crippen molar-refractivity contribution in [2.45, 2.75) is 41.5 Å². The van der Waals surface area contributed by atoms with Crippen molar-refractivity contribution in [3.05, 3.63) is 106 Å². The molecule has 0 unspecified atom stereocenters. The summed E-state index contributed by atoms with van der Waals surface area (Å²) in [5.74, 6) is 0.758. The van der Waals surface area contributed by atoms with Crippen LogP contribution >= 0.6 is 0 Å². The van der Waals surface area contributed by atoms with Crippen molar-refractivity contribution < 1.29 is 27.8 Å². The van der Waals surface area contributed by atoms with E-state index in [4.69, 9.17) is 9.47 Å².